The summed E-state index contributed by atoms with van der Waals surface area (Å²) in [5, 5.41) is -0.170. The van der Waals surface area contributed by atoms with E-state index in [1.165, 1.54) is 6.07 Å². The van der Waals surface area contributed by atoms with Gasteiger partial charge in [-0.25, -0.2) is 17.5 Å². The van der Waals surface area contributed by atoms with Crippen LogP contribution in [0.25, 0.3) is 0 Å². The minimum absolute atomic E-state index is 0.0960. The van der Waals surface area contributed by atoms with E-state index in [0.29, 0.717) is 18.5 Å². The first kappa shape index (κ1) is 18.8. The minimum atomic E-state index is -3.12. The maximum Gasteiger partial charge on any atom is 0.214 e. The van der Waals surface area contributed by atoms with Crippen LogP contribution in [0.15, 0.2) is 24.3 Å². The van der Waals surface area contributed by atoms with Crippen LogP contribution in [0.2, 0.25) is 0 Å². The Labute approximate surface area is 149 Å². The molecule has 0 radical (unpaired) electrons. The van der Waals surface area contributed by atoms with Crippen molar-refractivity contribution < 1.29 is 12.8 Å². The smallest absolute Gasteiger partial charge is 0.214 e. The van der Waals surface area contributed by atoms with Gasteiger partial charge in [-0.15, -0.1) is 0 Å². The number of hydrogen-bond acceptors (Lipinski definition) is 4. The van der Waals surface area contributed by atoms with Crippen molar-refractivity contribution in [3.8, 4) is 0 Å². The average Bonchev–Trinajstić information content (AvgIpc) is 3.34. The molecule has 7 heteroatoms. The van der Waals surface area contributed by atoms with Crippen molar-refractivity contribution >= 4 is 10.0 Å². The summed E-state index contributed by atoms with van der Waals surface area (Å²) in [6.07, 6.45) is 4.97. The Morgan fingerprint density at radius 3 is 2.76 bits per heavy atom. The van der Waals surface area contributed by atoms with Crippen molar-refractivity contribution in [1.82, 2.24) is 9.62 Å². The Bertz CT molecular complexity index is 679. The minimum Gasteiger partial charge on any atom is -0.327 e. The number of nitrogens with one attached hydrogen (secondary N) is 1. The van der Waals surface area contributed by atoms with Gasteiger partial charge in [0.15, 0.2) is 0 Å². The molecule has 1 saturated heterocycles. The summed E-state index contributed by atoms with van der Waals surface area (Å²) in [5.74, 6) is -0.202. The molecular formula is C18H28FN3O2S. The van der Waals surface area contributed by atoms with E-state index < -0.39 is 10.0 Å². The zero-order chi connectivity index (χ0) is 17.9. The first-order valence-electron chi connectivity index (χ1n) is 9.17. The second-order valence-corrected chi connectivity index (χ2v) is 9.31. The van der Waals surface area contributed by atoms with Crippen LogP contribution >= 0.6 is 0 Å². The number of likely N-dealkylation sites (tertiary alicyclic amines) is 1. The lowest BCUT2D eigenvalue weighted by Crippen LogP contribution is -2.42. The molecule has 2 atom stereocenters. The summed E-state index contributed by atoms with van der Waals surface area (Å²) in [5.41, 5.74) is 6.84. The highest BCUT2D eigenvalue weighted by molar-refractivity contribution is 7.90. The predicted molar refractivity (Wildman–Crippen MR) is 97.2 cm³/mol. The topological polar surface area (TPSA) is 75.4 Å². The van der Waals surface area contributed by atoms with Gasteiger partial charge in [-0.05, 0) is 63.2 Å². The Kier molecular flexibility index (Phi) is 6.09. The van der Waals surface area contributed by atoms with Gasteiger partial charge in [-0.1, -0.05) is 18.2 Å². The van der Waals surface area contributed by atoms with Gasteiger partial charge >= 0.3 is 0 Å². The maximum absolute atomic E-state index is 13.7. The molecule has 0 spiro atoms. The molecule has 0 bridgehead atoms. The highest BCUT2D eigenvalue weighted by Crippen LogP contribution is 2.27. The summed E-state index contributed by atoms with van der Waals surface area (Å²) in [6, 6.07) is 6.90. The first-order valence-corrected chi connectivity index (χ1v) is 10.7. The molecule has 1 aliphatic heterocycles. The fourth-order valence-electron chi connectivity index (χ4n) is 3.51. The summed E-state index contributed by atoms with van der Waals surface area (Å²) in [7, 11) is -3.12. The molecule has 140 valence electrons. The van der Waals surface area contributed by atoms with E-state index in [4.69, 9.17) is 5.73 Å². The van der Waals surface area contributed by atoms with E-state index in [1.807, 2.05) is 6.07 Å². The van der Waals surface area contributed by atoms with Crippen LogP contribution in [0.4, 0.5) is 4.39 Å². The zero-order valence-electron chi connectivity index (χ0n) is 14.5. The van der Waals surface area contributed by atoms with Crippen LogP contribution in [0, 0.1) is 5.82 Å². The summed E-state index contributed by atoms with van der Waals surface area (Å²) in [6.45, 7) is 2.29. The molecule has 0 amide bonds. The SMILES string of the molecule is N[C@@H](CCN1CCC[C@H]1CNS(=O)(=O)C1CC1)Cc1ccccc1F. The average molecular weight is 370 g/mol. The van der Waals surface area contributed by atoms with Crippen LogP contribution in [0.1, 0.15) is 37.7 Å². The van der Waals surface area contributed by atoms with Gasteiger partial charge in [-0.2, -0.15) is 0 Å². The van der Waals surface area contributed by atoms with Crippen LogP contribution in [-0.4, -0.2) is 50.3 Å². The van der Waals surface area contributed by atoms with E-state index in [-0.39, 0.29) is 23.2 Å². The normalized spacial score (nSPS) is 23.0. The van der Waals surface area contributed by atoms with E-state index in [2.05, 4.69) is 9.62 Å². The molecule has 0 aromatic heterocycles. The van der Waals surface area contributed by atoms with Gasteiger partial charge in [0.05, 0.1) is 5.25 Å². The Balaban J connectivity index is 1.44. The second-order valence-electron chi connectivity index (χ2n) is 7.27. The lowest BCUT2D eigenvalue weighted by Gasteiger charge is -2.26. The molecule has 1 aliphatic carbocycles. The monoisotopic (exact) mass is 369 g/mol. The maximum atomic E-state index is 13.7. The Morgan fingerprint density at radius 2 is 2.04 bits per heavy atom. The third-order valence-electron chi connectivity index (χ3n) is 5.21. The molecule has 1 saturated carbocycles. The van der Waals surface area contributed by atoms with Crippen molar-refractivity contribution in [2.45, 2.75) is 55.9 Å². The molecular weight excluding hydrogens is 341 g/mol. The van der Waals surface area contributed by atoms with Gasteiger partial charge in [0.25, 0.3) is 0 Å². The van der Waals surface area contributed by atoms with Crippen molar-refractivity contribution in [2.24, 2.45) is 5.73 Å². The third kappa shape index (κ3) is 5.23. The fraction of sp³-hybridized carbons (Fsp3) is 0.667. The standard InChI is InChI=1S/C18H28FN3O2S/c19-18-6-2-1-4-14(18)12-15(20)9-11-22-10-3-5-16(22)13-21-25(23,24)17-7-8-17/h1-2,4,6,15-17,21H,3,5,7-13,20H2/t15-,16-/m0/s1. The van der Waals surface area contributed by atoms with E-state index in [9.17, 15) is 12.8 Å². The summed E-state index contributed by atoms with van der Waals surface area (Å²) >= 11 is 0. The third-order valence-corrected chi connectivity index (χ3v) is 7.13. The zero-order valence-corrected chi connectivity index (χ0v) is 15.3. The first-order chi connectivity index (χ1) is 12.0. The van der Waals surface area contributed by atoms with Crippen LogP contribution < -0.4 is 10.5 Å². The van der Waals surface area contributed by atoms with Crippen LogP contribution in [-0.2, 0) is 16.4 Å². The highest BCUT2D eigenvalue weighted by Gasteiger charge is 2.36. The van der Waals surface area contributed by atoms with E-state index in [0.717, 1.165) is 45.2 Å². The van der Waals surface area contributed by atoms with Crippen LogP contribution in [0.3, 0.4) is 0 Å². The Morgan fingerprint density at radius 1 is 1.28 bits per heavy atom. The molecule has 1 aromatic rings. The van der Waals surface area contributed by atoms with Crippen LogP contribution in [0.5, 0.6) is 0 Å². The van der Waals surface area contributed by atoms with Crippen molar-refractivity contribution in [1.29, 1.82) is 0 Å². The second kappa shape index (κ2) is 8.12. The molecule has 3 N–H and O–H groups in total. The molecule has 3 rings (SSSR count). The lowest BCUT2D eigenvalue weighted by molar-refractivity contribution is 0.244. The predicted octanol–water partition coefficient (Wildman–Crippen LogP) is 1.63. The van der Waals surface area contributed by atoms with E-state index >= 15 is 0 Å². The highest BCUT2D eigenvalue weighted by atomic mass is 32.2. The molecule has 1 heterocycles. The number of sulfonamides is 1. The van der Waals surface area contributed by atoms with Gasteiger partial charge < -0.3 is 5.73 Å². The fourth-order valence-corrected chi connectivity index (χ4v) is 4.93. The quantitative estimate of drug-likeness (QED) is 0.694. The van der Waals surface area contributed by atoms with Gasteiger partial charge in [0.2, 0.25) is 10.0 Å². The van der Waals surface area contributed by atoms with Crippen molar-refractivity contribution in [2.75, 3.05) is 19.6 Å². The lowest BCUT2D eigenvalue weighted by atomic mass is 10.0. The molecule has 2 aliphatic rings. The number of rotatable bonds is 9. The van der Waals surface area contributed by atoms with Crippen molar-refractivity contribution in [3.05, 3.63) is 35.6 Å². The molecule has 5 nitrogen and oxygen atoms in total. The van der Waals surface area contributed by atoms with E-state index in [1.54, 1.807) is 12.1 Å². The number of halogens is 1. The van der Waals surface area contributed by atoms with Crippen molar-refractivity contribution in [3.63, 3.8) is 0 Å². The van der Waals surface area contributed by atoms with Gasteiger partial charge in [0, 0.05) is 18.6 Å². The molecule has 2 fully saturated rings. The molecule has 0 unspecified atom stereocenters. The largest absolute Gasteiger partial charge is 0.327 e. The molecule has 1 aromatic carbocycles. The molecule has 25 heavy (non-hydrogen) atoms. The summed E-state index contributed by atoms with van der Waals surface area (Å²) < 4.78 is 40.4. The summed E-state index contributed by atoms with van der Waals surface area (Å²) in [4.78, 5) is 2.32. The number of hydrogen-bond donors (Lipinski definition) is 2. The number of nitrogens with two attached hydrogens (primary N) is 1. The Hall–Kier alpha value is -1.02. The van der Waals surface area contributed by atoms with Gasteiger partial charge in [0.1, 0.15) is 5.82 Å². The number of nitrogens with zero attached hydrogens (tertiary/aromatic N) is 1. The number of benzene rings is 1. The van der Waals surface area contributed by atoms with Gasteiger partial charge in [-0.3, -0.25) is 4.90 Å².